The molecule has 0 aliphatic carbocycles. The SMILES string of the molecule is CCC(C)c1ccc(N2C(=O)NC(=O)C(=Cc3ccc(C)o3)C2=O)cc1. The van der Waals surface area contributed by atoms with Gasteiger partial charge in [-0.1, -0.05) is 26.0 Å². The van der Waals surface area contributed by atoms with Crippen molar-refractivity contribution in [2.24, 2.45) is 0 Å². The van der Waals surface area contributed by atoms with Crippen LogP contribution in [0.5, 0.6) is 0 Å². The minimum absolute atomic E-state index is 0.148. The number of carbonyl (C=O) groups is 3. The second-order valence-corrected chi connectivity index (χ2v) is 6.31. The number of rotatable bonds is 4. The van der Waals surface area contributed by atoms with E-state index in [1.165, 1.54) is 6.08 Å². The molecule has 0 saturated carbocycles. The van der Waals surface area contributed by atoms with Gasteiger partial charge in [0.05, 0.1) is 5.69 Å². The van der Waals surface area contributed by atoms with Gasteiger partial charge in [0.1, 0.15) is 17.1 Å². The second kappa shape index (κ2) is 7.00. The number of carbonyl (C=O) groups excluding carboxylic acids is 3. The van der Waals surface area contributed by atoms with E-state index in [4.69, 9.17) is 4.42 Å². The summed E-state index contributed by atoms with van der Waals surface area (Å²) < 4.78 is 5.39. The molecule has 1 aromatic carbocycles. The number of nitrogens with one attached hydrogen (secondary N) is 1. The molecule has 1 aliphatic heterocycles. The van der Waals surface area contributed by atoms with Crippen molar-refractivity contribution >= 4 is 29.6 Å². The Morgan fingerprint density at radius 2 is 1.81 bits per heavy atom. The molecule has 0 bridgehead atoms. The van der Waals surface area contributed by atoms with Crippen LogP contribution >= 0.6 is 0 Å². The van der Waals surface area contributed by atoms with Crippen molar-refractivity contribution in [2.75, 3.05) is 4.90 Å². The first kappa shape index (κ1) is 17.7. The standard InChI is InChI=1S/C20H20N2O4/c1-4-12(2)14-6-8-15(9-7-14)22-19(24)17(18(23)21-20(22)25)11-16-10-5-13(3)26-16/h5-12H,4H2,1-3H3,(H,21,23,25). The van der Waals surface area contributed by atoms with Gasteiger partial charge in [-0.2, -0.15) is 0 Å². The fraction of sp³-hybridized carbons (Fsp3) is 0.250. The number of urea groups is 1. The zero-order valence-corrected chi connectivity index (χ0v) is 14.9. The van der Waals surface area contributed by atoms with Gasteiger partial charge in [-0.05, 0) is 55.2 Å². The van der Waals surface area contributed by atoms with E-state index in [2.05, 4.69) is 19.2 Å². The predicted molar refractivity (Wildman–Crippen MR) is 97.6 cm³/mol. The van der Waals surface area contributed by atoms with E-state index in [1.54, 1.807) is 31.2 Å². The predicted octanol–water partition coefficient (Wildman–Crippen LogP) is 3.77. The van der Waals surface area contributed by atoms with Crippen LogP contribution in [-0.4, -0.2) is 17.8 Å². The van der Waals surface area contributed by atoms with Gasteiger partial charge in [-0.25, -0.2) is 9.69 Å². The Kier molecular flexibility index (Phi) is 4.75. The molecule has 1 N–H and O–H groups in total. The Morgan fingerprint density at radius 1 is 1.12 bits per heavy atom. The van der Waals surface area contributed by atoms with Gasteiger partial charge in [-0.15, -0.1) is 0 Å². The normalized spacial score (nSPS) is 17.6. The summed E-state index contributed by atoms with van der Waals surface area (Å²) in [6.45, 7) is 5.97. The van der Waals surface area contributed by atoms with E-state index in [-0.39, 0.29) is 5.57 Å². The largest absolute Gasteiger partial charge is 0.462 e. The lowest BCUT2D eigenvalue weighted by molar-refractivity contribution is -0.122. The number of amides is 4. The number of benzene rings is 1. The highest BCUT2D eigenvalue weighted by Crippen LogP contribution is 2.25. The monoisotopic (exact) mass is 352 g/mol. The number of aryl methyl sites for hydroxylation is 1. The first-order valence-corrected chi connectivity index (χ1v) is 8.48. The van der Waals surface area contributed by atoms with Crippen molar-refractivity contribution in [3.63, 3.8) is 0 Å². The molecule has 1 fully saturated rings. The molecule has 6 nitrogen and oxygen atoms in total. The number of anilines is 1. The molecule has 1 unspecified atom stereocenters. The van der Waals surface area contributed by atoms with Crippen LogP contribution in [0.15, 0.2) is 46.4 Å². The molecular weight excluding hydrogens is 332 g/mol. The molecular formula is C20H20N2O4. The molecule has 0 radical (unpaired) electrons. The summed E-state index contributed by atoms with van der Waals surface area (Å²) in [5.74, 6) is 0.0104. The number of nitrogens with zero attached hydrogens (tertiary/aromatic N) is 1. The Labute approximate surface area is 151 Å². The zero-order chi connectivity index (χ0) is 18.8. The van der Waals surface area contributed by atoms with Crippen molar-refractivity contribution in [3.8, 4) is 0 Å². The third kappa shape index (κ3) is 3.31. The second-order valence-electron chi connectivity index (χ2n) is 6.31. The molecule has 134 valence electrons. The van der Waals surface area contributed by atoms with E-state index in [0.717, 1.165) is 16.9 Å². The maximum absolute atomic E-state index is 12.8. The Morgan fingerprint density at radius 3 is 2.38 bits per heavy atom. The molecule has 0 spiro atoms. The van der Waals surface area contributed by atoms with Gasteiger partial charge < -0.3 is 4.42 Å². The molecule has 26 heavy (non-hydrogen) atoms. The van der Waals surface area contributed by atoms with Crippen molar-refractivity contribution < 1.29 is 18.8 Å². The third-order valence-electron chi connectivity index (χ3n) is 4.48. The van der Waals surface area contributed by atoms with E-state index < -0.39 is 17.8 Å². The molecule has 1 aliphatic rings. The van der Waals surface area contributed by atoms with Gasteiger partial charge >= 0.3 is 6.03 Å². The van der Waals surface area contributed by atoms with Gasteiger partial charge in [0.2, 0.25) is 0 Å². The minimum atomic E-state index is -0.760. The molecule has 3 rings (SSSR count). The van der Waals surface area contributed by atoms with Gasteiger partial charge in [0, 0.05) is 0 Å². The van der Waals surface area contributed by atoms with Crippen LogP contribution in [0.25, 0.3) is 6.08 Å². The molecule has 2 aromatic rings. The lowest BCUT2D eigenvalue weighted by Crippen LogP contribution is -2.54. The summed E-state index contributed by atoms with van der Waals surface area (Å²) in [6.07, 6.45) is 2.34. The highest BCUT2D eigenvalue weighted by atomic mass is 16.3. The van der Waals surface area contributed by atoms with Crippen LogP contribution in [0.2, 0.25) is 0 Å². The lowest BCUT2D eigenvalue weighted by atomic mass is 9.98. The average Bonchev–Trinajstić information content (AvgIpc) is 3.03. The molecule has 1 saturated heterocycles. The lowest BCUT2D eigenvalue weighted by Gasteiger charge is -2.26. The summed E-state index contributed by atoms with van der Waals surface area (Å²) >= 11 is 0. The number of hydrogen-bond donors (Lipinski definition) is 1. The smallest absolute Gasteiger partial charge is 0.335 e. The van der Waals surface area contributed by atoms with Crippen LogP contribution in [0.3, 0.4) is 0 Å². The van der Waals surface area contributed by atoms with E-state index in [1.807, 2.05) is 12.1 Å². The van der Waals surface area contributed by atoms with E-state index in [0.29, 0.717) is 23.1 Å². The first-order chi connectivity index (χ1) is 12.4. The number of imide groups is 2. The Hall–Kier alpha value is -3.15. The maximum atomic E-state index is 12.8. The van der Waals surface area contributed by atoms with Crippen molar-refractivity contribution in [1.29, 1.82) is 0 Å². The highest BCUT2D eigenvalue weighted by Gasteiger charge is 2.37. The van der Waals surface area contributed by atoms with E-state index >= 15 is 0 Å². The summed E-state index contributed by atoms with van der Waals surface area (Å²) in [7, 11) is 0. The number of barbiturate groups is 1. The minimum Gasteiger partial charge on any atom is -0.462 e. The maximum Gasteiger partial charge on any atom is 0.335 e. The highest BCUT2D eigenvalue weighted by molar-refractivity contribution is 6.39. The quantitative estimate of drug-likeness (QED) is 0.671. The van der Waals surface area contributed by atoms with Crippen LogP contribution in [-0.2, 0) is 9.59 Å². The van der Waals surface area contributed by atoms with Crippen molar-refractivity contribution in [2.45, 2.75) is 33.1 Å². The van der Waals surface area contributed by atoms with E-state index in [9.17, 15) is 14.4 Å². The average molecular weight is 352 g/mol. The summed E-state index contributed by atoms with van der Waals surface area (Å²) in [6, 6.07) is 9.83. The fourth-order valence-corrected chi connectivity index (χ4v) is 2.75. The topological polar surface area (TPSA) is 79.6 Å². The Bertz CT molecular complexity index is 893. The van der Waals surface area contributed by atoms with Crippen LogP contribution in [0, 0.1) is 6.92 Å². The molecule has 4 amide bonds. The van der Waals surface area contributed by atoms with Crippen molar-refractivity contribution in [3.05, 3.63) is 59.1 Å². The van der Waals surface area contributed by atoms with Crippen LogP contribution in [0.1, 0.15) is 43.3 Å². The van der Waals surface area contributed by atoms with Gasteiger partial charge in [0.25, 0.3) is 11.8 Å². The molecule has 1 atom stereocenters. The summed E-state index contributed by atoms with van der Waals surface area (Å²) in [5.41, 5.74) is 1.39. The number of hydrogen-bond acceptors (Lipinski definition) is 4. The Balaban J connectivity index is 1.94. The summed E-state index contributed by atoms with van der Waals surface area (Å²) in [5, 5.41) is 2.20. The first-order valence-electron chi connectivity index (χ1n) is 8.48. The van der Waals surface area contributed by atoms with Gasteiger partial charge in [0.15, 0.2) is 0 Å². The fourth-order valence-electron chi connectivity index (χ4n) is 2.75. The van der Waals surface area contributed by atoms with Crippen LogP contribution in [0.4, 0.5) is 10.5 Å². The molecule has 1 aromatic heterocycles. The number of furan rings is 1. The third-order valence-corrected chi connectivity index (χ3v) is 4.48. The summed E-state index contributed by atoms with van der Waals surface area (Å²) in [4.78, 5) is 38.0. The van der Waals surface area contributed by atoms with Crippen molar-refractivity contribution in [1.82, 2.24) is 5.32 Å². The molecule has 2 heterocycles. The molecule has 6 heteroatoms. The van der Waals surface area contributed by atoms with Crippen LogP contribution < -0.4 is 10.2 Å². The zero-order valence-electron chi connectivity index (χ0n) is 14.9. The van der Waals surface area contributed by atoms with Gasteiger partial charge in [-0.3, -0.25) is 14.9 Å².